The van der Waals surface area contributed by atoms with Gasteiger partial charge in [-0.2, -0.15) is 18.7 Å². The van der Waals surface area contributed by atoms with Crippen LogP contribution in [0.4, 0.5) is 20.5 Å². The number of hydrogen-bond donors (Lipinski definition) is 1. The number of pyridine rings is 2. The molecule has 0 amide bonds. The van der Waals surface area contributed by atoms with Crippen LogP contribution in [0.1, 0.15) is 16.8 Å². The van der Waals surface area contributed by atoms with Gasteiger partial charge in [-0.05, 0) is 29.3 Å². The second-order valence-electron chi connectivity index (χ2n) is 8.25. The molecule has 11 heteroatoms. The number of benzene rings is 1. The van der Waals surface area contributed by atoms with Crippen molar-refractivity contribution in [3.05, 3.63) is 83.8 Å². The highest BCUT2D eigenvalue weighted by Crippen LogP contribution is 2.32. The summed E-state index contributed by atoms with van der Waals surface area (Å²) >= 11 is 2.37. The van der Waals surface area contributed by atoms with Crippen molar-refractivity contribution in [1.29, 1.82) is 0 Å². The Hall–Kier alpha value is -3.48. The van der Waals surface area contributed by atoms with Gasteiger partial charge in [-0.25, -0.2) is 9.78 Å². The number of carbonyl (C=O) groups excluding carboxylic acids is 1. The zero-order chi connectivity index (χ0) is 25.1. The van der Waals surface area contributed by atoms with Crippen molar-refractivity contribution in [2.75, 3.05) is 23.3 Å². The summed E-state index contributed by atoms with van der Waals surface area (Å²) in [5, 5.41) is 3.78. The van der Waals surface area contributed by atoms with Crippen LogP contribution in [0.15, 0.2) is 67.0 Å². The minimum Gasteiger partial charge on any atom is -0.456 e. The molecule has 8 nitrogen and oxygen atoms in total. The van der Waals surface area contributed by atoms with E-state index in [4.69, 9.17) is 4.74 Å². The molecule has 1 aliphatic rings. The third-order valence-corrected chi connectivity index (χ3v) is 6.47. The van der Waals surface area contributed by atoms with E-state index < -0.39 is 17.6 Å². The molecule has 5 rings (SSSR count). The first-order valence-electron chi connectivity index (χ1n) is 11.2. The smallest absolute Gasteiger partial charge is 0.384 e. The lowest BCUT2D eigenvalue weighted by Gasteiger charge is -2.36. The molecule has 36 heavy (non-hydrogen) atoms. The van der Waals surface area contributed by atoms with E-state index in [1.54, 1.807) is 42.6 Å². The predicted molar refractivity (Wildman–Crippen MR) is 139 cm³/mol. The largest absolute Gasteiger partial charge is 0.456 e. The fourth-order valence-electron chi connectivity index (χ4n) is 3.77. The minimum atomic E-state index is -3.93. The summed E-state index contributed by atoms with van der Waals surface area (Å²) in [5.41, 5.74) is 0.597. The number of esters is 1. The molecule has 184 valence electrons. The van der Waals surface area contributed by atoms with Crippen LogP contribution in [0.2, 0.25) is 0 Å². The van der Waals surface area contributed by atoms with Gasteiger partial charge < -0.3 is 15.0 Å². The van der Waals surface area contributed by atoms with E-state index in [1.807, 2.05) is 11.0 Å². The second kappa shape index (κ2) is 10.2. The number of fused-ring (bicyclic) bond motifs is 1. The van der Waals surface area contributed by atoms with Gasteiger partial charge in [0.15, 0.2) is 5.65 Å². The Labute approximate surface area is 219 Å². The summed E-state index contributed by atoms with van der Waals surface area (Å²) in [6, 6.07) is 15.3. The Morgan fingerprint density at radius 2 is 1.81 bits per heavy atom. The first-order valence-corrected chi connectivity index (χ1v) is 12.5. The number of rotatable bonds is 8. The van der Waals surface area contributed by atoms with Crippen molar-refractivity contribution < 1.29 is 18.3 Å². The predicted octanol–water partition coefficient (Wildman–Crippen LogP) is 4.49. The number of alkyl halides is 3. The second-order valence-corrected chi connectivity index (χ2v) is 10.0. The summed E-state index contributed by atoms with van der Waals surface area (Å²) in [6.45, 7) is 1.35. The van der Waals surface area contributed by atoms with Crippen LogP contribution in [-0.4, -0.2) is 42.9 Å². The number of hydrogen-bond acceptors (Lipinski definition) is 8. The van der Waals surface area contributed by atoms with Gasteiger partial charge in [-0.1, -0.05) is 59.0 Å². The summed E-state index contributed by atoms with van der Waals surface area (Å²) < 4.78 is 35.7. The average Bonchev–Trinajstić information content (AvgIpc) is 2.89. The number of aromatic nitrogens is 4. The van der Waals surface area contributed by atoms with Gasteiger partial charge in [0, 0.05) is 36.0 Å². The zero-order valence-corrected chi connectivity index (χ0v) is 21.1. The number of carbonyl (C=O) groups is 1. The van der Waals surface area contributed by atoms with E-state index in [9.17, 15) is 4.79 Å². The molecule has 0 atom stereocenters. The van der Waals surface area contributed by atoms with Gasteiger partial charge in [-0.15, -0.1) is 0 Å². The van der Waals surface area contributed by atoms with Gasteiger partial charge in [0.25, 0.3) is 0 Å². The molecule has 1 aliphatic heterocycles. The molecule has 0 bridgehead atoms. The quantitative estimate of drug-likeness (QED) is 0.179. The molecule has 1 aromatic carbocycles. The molecule has 1 saturated heterocycles. The highest BCUT2D eigenvalue weighted by atomic mass is 127. The Bertz CT molecular complexity index is 1390. The van der Waals surface area contributed by atoms with Crippen LogP contribution in [0.25, 0.3) is 11.0 Å². The lowest BCUT2D eigenvalue weighted by molar-refractivity contribution is -0.175. The molecule has 0 unspecified atom stereocenters. The molecule has 1 fully saturated rings. The Morgan fingerprint density at radius 3 is 2.58 bits per heavy atom. The van der Waals surface area contributed by atoms with Crippen molar-refractivity contribution in [2.24, 2.45) is 0 Å². The molecule has 1 N–H and O–H groups in total. The molecule has 0 radical (unpaired) electrons. The maximum atomic E-state index is 15.1. The van der Waals surface area contributed by atoms with Crippen molar-refractivity contribution >= 4 is 51.4 Å². The average molecular weight is 602 g/mol. The number of nitrogens with one attached hydrogen (secondary N) is 1. The summed E-state index contributed by atoms with van der Waals surface area (Å²) in [6.07, 6.45) is 2.87. The molecular formula is C25H21F2IN6O2. The number of anilines is 2. The standard InChI is InChI=1S/C25H21F2IN6O2/c26-25(27,23(35)36-15-16-6-2-1-3-7-16)20-17(8-4-10-29-20)12-31-22-19-9-5-11-30-21(19)32-24(33-22)34-13-18(28)14-34/h1-11,18H,12-15H2,(H,30,31,32,33). The zero-order valence-electron chi connectivity index (χ0n) is 18.9. The van der Waals surface area contributed by atoms with Crippen molar-refractivity contribution in [3.8, 4) is 0 Å². The summed E-state index contributed by atoms with van der Waals surface area (Å²) in [5.74, 6) is -4.60. The highest BCUT2D eigenvalue weighted by molar-refractivity contribution is 14.1. The fourth-order valence-corrected chi connectivity index (χ4v) is 4.72. The third-order valence-electron chi connectivity index (χ3n) is 5.68. The fraction of sp³-hybridized carbons (Fsp3) is 0.240. The lowest BCUT2D eigenvalue weighted by Crippen LogP contribution is -2.48. The maximum absolute atomic E-state index is 15.1. The molecule has 4 heterocycles. The topological polar surface area (TPSA) is 93.1 Å². The van der Waals surface area contributed by atoms with Crippen molar-refractivity contribution in [2.45, 2.75) is 23.0 Å². The molecule has 0 spiro atoms. The van der Waals surface area contributed by atoms with Gasteiger partial charge in [-0.3, -0.25) is 4.98 Å². The van der Waals surface area contributed by atoms with Crippen LogP contribution in [0, 0.1) is 0 Å². The van der Waals surface area contributed by atoms with E-state index in [2.05, 4.69) is 47.8 Å². The van der Waals surface area contributed by atoms with Crippen LogP contribution in [0.3, 0.4) is 0 Å². The number of ether oxygens (including phenoxy) is 1. The highest BCUT2D eigenvalue weighted by Gasteiger charge is 2.46. The molecule has 3 aromatic heterocycles. The monoisotopic (exact) mass is 602 g/mol. The van der Waals surface area contributed by atoms with E-state index in [-0.39, 0.29) is 18.7 Å². The number of nitrogens with zero attached hydrogens (tertiary/aromatic N) is 5. The molecular weight excluding hydrogens is 581 g/mol. The Balaban J connectivity index is 1.37. The van der Waals surface area contributed by atoms with E-state index in [0.29, 0.717) is 32.3 Å². The maximum Gasteiger partial charge on any atom is 0.384 e. The van der Waals surface area contributed by atoms with E-state index in [0.717, 1.165) is 13.1 Å². The van der Waals surface area contributed by atoms with Crippen molar-refractivity contribution in [1.82, 2.24) is 19.9 Å². The molecule has 4 aromatic rings. The summed E-state index contributed by atoms with van der Waals surface area (Å²) in [7, 11) is 0. The van der Waals surface area contributed by atoms with Gasteiger partial charge in [0.1, 0.15) is 18.1 Å². The van der Waals surface area contributed by atoms with Crippen LogP contribution < -0.4 is 10.2 Å². The van der Waals surface area contributed by atoms with Crippen LogP contribution >= 0.6 is 22.6 Å². The Kier molecular flexibility index (Phi) is 6.90. The van der Waals surface area contributed by atoms with Crippen LogP contribution in [-0.2, 0) is 28.6 Å². The normalized spacial score (nSPS) is 13.9. The lowest BCUT2D eigenvalue weighted by atomic mass is 10.1. The molecule has 0 saturated carbocycles. The Morgan fingerprint density at radius 1 is 1.06 bits per heavy atom. The van der Waals surface area contributed by atoms with Gasteiger partial charge >= 0.3 is 11.9 Å². The van der Waals surface area contributed by atoms with Gasteiger partial charge in [0.2, 0.25) is 5.95 Å². The minimum absolute atomic E-state index is 0.0416. The summed E-state index contributed by atoms with van der Waals surface area (Å²) in [4.78, 5) is 31.7. The van der Waals surface area contributed by atoms with Gasteiger partial charge in [0.05, 0.1) is 5.39 Å². The van der Waals surface area contributed by atoms with E-state index in [1.165, 1.54) is 18.3 Å². The molecule has 0 aliphatic carbocycles. The SMILES string of the molecule is O=C(OCc1ccccc1)C(F)(F)c1ncccc1CNc1nc(N2CC(I)C2)nc2ncccc12. The van der Waals surface area contributed by atoms with Crippen LogP contribution in [0.5, 0.6) is 0 Å². The first kappa shape index (κ1) is 24.2. The van der Waals surface area contributed by atoms with E-state index >= 15 is 8.78 Å². The van der Waals surface area contributed by atoms with Crippen molar-refractivity contribution in [3.63, 3.8) is 0 Å². The third kappa shape index (κ3) is 5.06. The first-order chi connectivity index (χ1) is 17.4. The number of halogens is 3.